The SMILES string of the molecule is O=C(O)CC1COCCN1CC(O)CO. The third-order valence-electron chi connectivity index (χ3n) is 2.42. The quantitative estimate of drug-likeness (QED) is 0.522. The van der Waals surface area contributed by atoms with Gasteiger partial charge in [0.25, 0.3) is 0 Å². The highest BCUT2D eigenvalue weighted by Crippen LogP contribution is 2.11. The van der Waals surface area contributed by atoms with Crippen LogP contribution in [0.2, 0.25) is 0 Å². The Morgan fingerprint density at radius 3 is 2.93 bits per heavy atom. The van der Waals surface area contributed by atoms with E-state index >= 15 is 0 Å². The zero-order valence-corrected chi connectivity index (χ0v) is 8.50. The van der Waals surface area contributed by atoms with Gasteiger partial charge in [-0.05, 0) is 0 Å². The van der Waals surface area contributed by atoms with Crippen molar-refractivity contribution in [1.29, 1.82) is 0 Å². The van der Waals surface area contributed by atoms with Crippen LogP contribution in [0.4, 0.5) is 0 Å². The number of aliphatic carboxylic acids is 1. The van der Waals surface area contributed by atoms with E-state index < -0.39 is 12.1 Å². The fourth-order valence-electron chi connectivity index (χ4n) is 1.65. The molecule has 0 aromatic heterocycles. The first kappa shape index (κ1) is 12.4. The summed E-state index contributed by atoms with van der Waals surface area (Å²) in [5, 5.41) is 26.7. The summed E-state index contributed by atoms with van der Waals surface area (Å²) in [5.41, 5.74) is 0. The largest absolute Gasteiger partial charge is 0.481 e. The second kappa shape index (κ2) is 6.02. The third kappa shape index (κ3) is 4.13. The molecule has 3 N–H and O–H groups in total. The number of β-amino-alcohol motifs (C(OH)–C–C–N with tert-alkyl or cyclic N) is 1. The molecule has 6 heteroatoms. The number of hydrogen-bond acceptors (Lipinski definition) is 5. The molecule has 0 aromatic carbocycles. The van der Waals surface area contributed by atoms with Gasteiger partial charge < -0.3 is 20.1 Å². The summed E-state index contributed by atoms with van der Waals surface area (Å²) in [6.07, 6.45) is -0.822. The molecule has 6 nitrogen and oxygen atoms in total. The van der Waals surface area contributed by atoms with Crippen molar-refractivity contribution >= 4 is 5.97 Å². The number of rotatable bonds is 5. The summed E-state index contributed by atoms with van der Waals surface area (Å²) in [5.74, 6) is -0.881. The number of carbonyl (C=O) groups is 1. The molecular formula is C9H17NO5. The van der Waals surface area contributed by atoms with Crippen LogP contribution in [0.15, 0.2) is 0 Å². The van der Waals surface area contributed by atoms with E-state index in [1.165, 1.54) is 0 Å². The summed E-state index contributed by atoms with van der Waals surface area (Å²) in [7, 11) is 0. The van der Waals surface area contributed by atoms with Crippen molar-refractivity contribution in [1.82, 2.24) is 4.90 Å². The van der Waals surface area contributed by atoms with Crippen molar-refractivity contribution in [2.24, 2.45) is 0 Å². The summed E-state index contributed by atoms with van der Waals surface area (Å²) < 4.78 is 5.18. The Morgan fingerprint density at radius 2 is 2.33 bits per heavy atom. The summed E-state index contributed by atoms with van der Waals surface area (Å²) >= 11 is 0. The molecule has 0 aliphatic carbocycles. The van der Waals surface area contributed by atoms with Gasteiger partial charge in [0.1, 0.15) is 0 Å². The lowest BCUT2D eigenvalue weighted by molar-refractivity contribution is -0.140. The third-order valence-corrected chi connectivity index (χ3v) is 2.42. The van der Waals surface area contributed by atoms with E-state index in [2.05, 4.69) is 0 Å². The number of ether oxygens (including phenoxy) is 1. The molecule has 2 unspecified atom stereocenters. The van der Waals surface area contributed by atoms with Crippen LogP contribution < -0.4 is 0 Å². The molecule has 0 amide bonds. The van der Waals surface area contributed by atoms with Crippen molar-refractivity contribution in [3.63, 3.8) is 0 Å². The molecule has 0 saturated carbocycles. The Hall–Kier alpha value is -0.690. The molecule has 1 rings (SSSR count). The molecule has 1 aliphatic rings. The zero-order chi connectivity index (χ0) is 11.3. The van der Waals surface area contributed by atoms with Gasteiger partial charge in [0.05, 0.1) is 32.3 Å². The van der Waals surface area contributed by atoms with Crippen molar-refractivity contribution in [2.45, 2.75) is 18.6 Å². The average Bonchev–Trinajstić information content (AvgIpc) is 2.20. The zero-order valence-electron chi connectivity index (χ0n) is 8.50. The van der Waals surface area contributed by atoms with Crippen molar-refractivity contribution < 1.29 is 24.9 Å². The van der Waals surface area contributed by atoms with Crippen LogP contribution in [-0.2, 0) is 9.53 Å². The maximum Gasteiger partial charge on any atom is 0.305 e. The molecule has 2 atom stereocenters. The van der Waals surface area contributed by atoms with Gasteiger partial charge >= 0.3 is 5.97 Å². The normalized spacial score (nSPS) is 25.1. The van der Waals surface area contributed by atoms with Crippen LogP contribution in [0.3, 0.4) is 0 Å². The minimum Gasteiger partial charge on any atom is -0.481 e. The standard InChI is InChI=1S/C9H17NO5/c11-5-8(12)4-10-1-2-15-6-7(10)3-9(13)14/h7-8,11-12H,1-6H2,(H,13,14). The fourth-order valence-corrected chi connectivity index (χ4v) is 1.65. The number of aliphatic hydroxyl groups excluding tert-OH is 2. The first-order chi connectivity index (χ1) is 7.13. The van der Waals surface area contributed by atoms with Gasteiger partial charge in [-0.1, -0.05) is 0 Å². The number of aliphatic hydroxyl groups is 2. The topological polar surface area (TPSA) is 90.2 Å². The van der Waals surface area contributed by atoms with Gasteiger partial charge in [0.2, 0.25) is 0 Å². The van der Waals surface area contributed by atoms with E-state index in [1.807, 2.05) is 4.90 Å². The van der Waals surface area contributed by atoms with Crippen LogP contribution in [-0.4, -0.2) is 71.2 Å². The van der Waals surface area contributed by atoms with E-state index in [0.29, 0.717) is 19.8 Å². The molecule has 1 heterocycles. The van der Waals surface area contributed by atoms with Crippen LogP contribution in [0.25, 0.3) is 0 Å². The average molecular weight is 219 g/mol. The lowest BCUT2D eigenvalue weighted by atomic mass is 10.1. The fraction of sp³-hybridized carbons (Fsp3) is 0.889. The number of carboxylic acid groups (broad SMARTS) is 1. The predicted molar refractivity (Wildman–Crippen MR) is 51.5 cm³/mol. The van der Waals surface area contributed by atoms with Crippen molar-refractivity contribution in [3.05, 3.63) is 0 Å². The van der Waals surface area contributed by atoms with Crippen molar-refractivity contribution in [3.8, 4) is 0 Å². The maximum absolute atomic E-state index is 10.6. The lowest BCUT2D eigenvalue weighted by Crippen LogP contribution is -2.49. The van der Waals surface area contributed by atoms with Gasteiger partial charge in [0.15, 0.2) is 0 Å². The smallest absolute Gasteiger partial charge is 0.305 e. The van der Waals surface area contributed by atoms with Gasteiger partial charge in [-0.3, -0.25) is 9.69 Å². The van der Waals surface area contributed by atoms with Gasteiger partial charge in [-0.2, -0.15) is 0 Å². The Morgan fingerprint density at radius 1 is 1.60 bits per heavy atom. The Kier molecular flexibility index (Phi) is 4.97. The predicted octanol–water partition coefficient (Wildman–Crippen LogP) is -1.48. The molecule has 88 valence electrons. The van der Waals surface area contributed by atoms with E-state index in [9.17, 15) is 9.90 Å². The second-order valence-electron chi connectivity index (χ2n) is 3.66. The Bertz CT molecular complexity index is 211. The molecule has 1 fully saturated rings. The maximum atomic E-state index is 10.6. The van der Waals surface area contributed by atoms with Gasteiger partial charge in [0, 0.05) is 19.1 Å². The van der Waals surface area contributed by atoms with Gasteiger partial charge in [-0.15, -0.1) is 0 Å². The van der Waals surface area contributed by atoms with E-state index in [-0.39, 0.29) is 25.6 Å². The van der Waals surface area contributed by atoms with Gasteiger partial charge in [-0.25, -0.2) is 0 Å². The molecule has 1 aliphatic heterocycles. The lowest BCUT2D eigenvalue weighted by Gasteiger charge is -2.35. The van der Waals surface area contributed by atoms with Crippen LogP contribution in [0.1, 0.15) is 6.42 Å². The van der Waals surface area contributed by atoms with E-state index in [1.54, 1.807) is 0 Å². The van der Waals surface area contributed by atoms with Crippen LogP contribution in [0.5, 0.6) is 0 Å². The number of hydrogen-bond donors (Lipinski definition) is 3. The molecule has 15 heavy (non-hydrogen) atoms. The molecule has 0 bridgehead atoms. The Labute approximate surface area is 88.1 Å². The minimum atomic E-state index is -0.881. The summed E-state index contributed by atoms with van der Waals surface area (Å²) in [4.78, 5) is 12.4. The van der Waals surface area contributed by atoms with E-state index in [0.717, 1.165) is 0 Å². The molecular weight excluding hydrogens is 202 g/mol. The summed E-state index contributed by atoms with van der Waals surface area (Å²) in [6.45, 7) is 1.47. The molecule has 0 aromatic rings. The molecule has 0 spiro atoms. The number of carboxylic acids is 1. The highest BCUT2D eigenvalue weighted by atomic mass is 16.5. The van der Waals surface area contributed by atoms with Crippen LogP contribution in [0, 0.1) is 0 Å². The van der Waals surface area contributed by atoms with E-state index in [4.69, 9.17) is 14.9 Å². The Balaban J connectivity index is 2.45. The number of morpholine rings is 1. The van der Waals surface area contributed by atoms with Crippen molar-refractivity contribution in [2.75, 3.05) is 32.9 Å². The molecule has 1 saturated heterocycles. The first-order valence-electron chi connectivity index (χ1n) is 4.96. The first-order valence-corrected chi connectivity index (χ1v) is 4.96. The summed E-state index contributed by atoms with van der Waals surface area (Å²) in [6, 6.07) is -0.211. The molecule has 0 radical (unpaired) electrons. The highest BCUT2D eigenvalue weighted by molar-refractivity contribution is 5.67. The second-order valence-corrected chi connectivity index (χ2v) is 3.66. The van der Waals surface area contributed by atoms with Crippen LogP contribution >= 0.6 is 0 Å². The highest BCUT2D eigenvalue weighted by Gasteiger charge is 2.26. The monoisotopic (exact) mass is 219 g/mol. The number of nitrogens with zero attached hydrogens (tertiary/aromatic N) is 1. The minimum absolute atomic E-state index is 0.00184.